The van der Waals surface area contributed by atoms with Crippen LogP contribution in [-0.2, 0) is 26.8 Å². The van der Waals surface area contributed by atoms with Gasteiger partial charge in [0.2, 0.25) is 10.0 Å². The van der Waals surface area contributed by atoms with Crippen LogP contribution in [0.25, 0.3) is 0 Å². The monoisotopic (exact) mass is 432 g/mol. The highest BCUT2D eigenvalue weighted by atomic mass is 32.2. The van der Waals surface area contributed by atoms with Crippen molar-refractivity contribution in [1.82, 2.24) is 4.31 Å². The fraction of sp³-hybridized carbons (Fsp3) is 0.478. The van der Waals surface area contributed by atoms with Crippen molar-refractivity contribution in [1.29, 1.82) is 0 Å². The minimum absolute atomic E-state index is 0.0274. The van der Waals surface area contributed by atoms with Gasteiger partial charge in [0.05, 0.1) is 0 Å². The molecule has 2 fully saturated rings. The van der Waals surface area contributed by atoms with Gasteiger partial charge < -0.3 is 10.5 Å². The largest absolute Gasteiger partial charge is 0.381 e. The summed E-state index contributed by atoms with van der Waals surface area (Å²) in [6.45, 7) is 3.04. The second-order valence-corrected chi connectivity index (χ2v) is 10.6. The molecule has 2 atom stereocenters. The fourth-order valence-corrected chi connectivity index (χ4v) is 6.72. The summed E-state index contributed by atoms with van der Waals surface area (Å²) in [6, 6.07) is 14.1. The highest BCUT2D eigenvalue weighted by molar-refractivity contribution is 7.89. The van der Waals surface area contributed by atoms with Crippen LogP contribution in [0.5, 0.6) is 0 Å². The van der Waals surface area contributed by atoms with Crippen LogP contribution in [0.3, 0.4) is 0 Å². The predicted molar refractivity (Wildman–Crippen MR) is 115 cm³/mol. The lowest BCUT2D eigenvalue weighted by molar-refractivity contribution is 0.0521. The third-order valence-electron chi connectivity index (χ3n) is 6.54. The molecule has 0 aliphatic carbocycles. The van der Waals surface area contributed by atoms with Crippen molar-refractivity contribution in [3.8, 4) is 0 Å². The van der Waals surface area contributed by atoms with Crippen LogP contribution in [-0.4, -0.2) is 32.0 Å². The lowest BCUT2D eigenvalue weighted by atomic mass is 9.83. The van der Waals surface area contributed by atoms with Crippen LogP contribution in [0.4, 0.5) is 4.39 Å². The second-order valence-electron chi connectivity index (χ2n) is 8.49. The maximum Gasteiger partial charge on any atom is 0.221 e. The maximum absolute atomic E-state index is 15.0. The van der Waals surface area contributed by atoms with E-state index in [2.05, 4.69) is 0 Å². The van der Waals surface area contributed by atoms with Gasteiger partial charge in [-0.05, 0) is 49.8 Å². The van der Waals surface area contributed by atoms with Gasteiger partial charge in [0.25, 0.3) is 0 Å². The van der Waals surface area contributed by atoms with Crippen LogP contribution in [0.2, 0.25) is 0 Å². The molecule has 0 saturated carbocycles. The summed E-state index contributed by atoms with van der Waals surface area (Å²) in [5, 5.41) is -0.591. The number of benzene rings is 2. The van der Waals surface area contributed by atoms with Crippen LogP contribution in [0.1, 0.15) is 54.5 Å². The molecule has 0 unspecified atom stereocenters. The first kappa shape index (κ1) is 21.4. The number of rotatable bonds is 4. The molecular weight excluding hydrogens is 403 g/mol. The Morgan fingerprint density at radius 2 is 1.83 bits per heavy atom. The lowest BCUT2D eigenvalue weighted by Crippen LogP contribution is -2.45. The topological polar surface area (TPSA) is 72.6 Å². The third-order valence-corrected chi connectivity index (χ3v) is 8.90. The fourth-order valence-electron chi connectivity index (χ4n) is 4.53. The minimum Gasteiger partial charge on any atom is -0.381 e. The van der Waals surface area contributed by atoms with Crippen LogP contribution in [0.15, 0.2) is 48.5 Å². The zero-order valence-electron chi connectivity index (χ0n) is 17.3. The summed E-state index contributed by atoms with van der Waals surface area (Å²) >= 11 is 0. The highest BCUT2D eigenvalue weighted by Gasteiger charge is 2.40. The standard InChI is InChI=1S/C23H29FN2O3S/c1-17-7-10-22(18-5-3-2-4-6-18)30(27,28)26(17)16-19-8-9-20(15-21(19)24)23(25)11-13-29-14-12-23/h2-6,8-9,15,17,22H,7,10-14,16,25H2,1H3/t17-,22+/m0/s1. The number of hydrogen-bond donors (Lipinski definition) is 1. The molecule has 30 heavy (non-hydrogen) atoms. The zero-order chi connectivity index (χ0) is 21.4. The molecule has 2 saturated heterocycles. The Morgan fingerprint density at radius 1 is 1.13 bits per heavy atom. The van der Waals surface area contributed by atoms with E-state index in [1.165, 1.54) is 10.4 Å². The van der Waals surface area contributed by atoms with Gasteiger partial charge in [-0.2, -0.15) is 4.31 Å². The molecule has 162 valence electrons. The van der Waals surface area contributed by atoms with Gasteiger partial charge in [-0.3, -0.25) is 0 Å². The van der Waals surface area contributed by atoms with Crippen molar-refractivity contribution < 1.29 is 17.5 Å². The summed E-state index contributed by atoms with van der Waals surface area (Å²) < 4.78 is 48.6. The van der Waals surface area contributed by atoms with Crippen molar-refractivity contribution in [2.24, 2.45) is 5.73 Å². The van der Waals surface area contributed by atoms with Gasteiger partial charge in [0, 0.05) is 36.9 Å². The summed E-state index contributed by atoms with van der Waals surface area (Å²) in [4.78, 5) is 0. The summed E-state index contributed by atoms with van der Waals surface area (Å²) in [5.41, 5.74) is 7.78. The van der Waals surface area contributed by atoms with E-state index in [0.717, 1.165) is 17.5 Å². The number of nitrogens with two attached hydrogens (primary N) is 1. The Morgan fingerprint density at radius 3 is 2.50 bits per heavy atom. The molecule has 2 aliphatic rings. The van der Waals surface area contributed by atoms with E-state index in [1.54, 1.807) is 6.07 Å². The number of halogens is 1. The van der Waals surface area contributed by atoms with Crippen molar-refractivity contribution in [2.75, 3.05) is 13.2 Å². The van der Waals surface area contributed by atoms with Gasteiger partial charge >= 0.3 is 0 Å². The number of sulfonamides is 1. The normalized spacial score (nSPS) is 26.4. The SMILES string of the molecule is C[C@H]1CC[C@H](c2ccccc2)S(=O)(=O)N1Cc1ccc(C2(N)CCOCC2)cc1F. The Labute approximate surface area is 178 Å². The van der Waals surface area contributed by atoms with Crippen LogP contribution < -0.4 is 5.73 Å². The van der Waals surface area contributed by atoms with Crippen LogP contribution in [0, 0.1) is 5.82 Å². The molecule has 0 radical (unpaired) electrons. The molecule has 2 aromatic carbocycles. The van der Waals surface area contributed by atoms with E-state index >= 15 is 4.39 Å². The molecule has 0 spiro atoms. The summed E-state index contributed by atoms with van der Waals surface area (Å²) in [7, 11) is -3.60. The third kappa shape index (κ3) is 4.04. The Hall–Kier alpha value is -1.80. The predicted octanol–water partition coefficient (Wildman–Crippen LogP) is 3.85. The molecule has 4 rings (SSSR count). The van der Waals surface area contributed by atoms with E-state index < -0.39 is 26.6 Å². The van der Waals surface area contributed by atoms with E-state index in [-0.39, 0.29) is 12.6 Å². The molecular formula is C23H29FN2O3S. The lowest BCUT2D eigenvalue weighted by Gasteiger charge is -2.38. The summed E-state index contributed by atoms with van der Waals surface area (Å²) in [5.74, 6) is -0.409. The van der Waals surface area contributed by atoms with Gasteiger partial charge in [-0.15, -0.1) is 0 Å². The molecule has 5 nitrogen and oxygen atoms in total. The first-order valence-electron chi connectivity index (χ1n) is 10.5. The molecule has 0 aromatic heterocycles. The number of ether oxygens (including phenoxy) is 1. The van der Waals surface area contributed by atoms with E-state index in [1.807, 2.05) is 43.3 Å². The number of nitrogens with zero attached hydrogens (tertiary/aromatic N) is 1. The van der Waals surface area contributed by atoms with Crippen molar-refractivity contribution in [3.05, 3.63) is 71.0 Å². The van der Waals surface area contributed by atoms with Gasteiger partial charge in [0.15, 0.2) is 0 Å². The zero-order valence-corrected chi connectivity index (χ0v) is 18.1. The summed E-state index contributed by atoms with van der Waals surface area (Å²) in [6.07, 6.45) is 2.60. The smallest absolute Gasteiger partial charge is 0.221 e. The highest BCUT2D eigenvalue weighted by Crippen LogP contribution is 2.38. The molecule has 2 aromatic rings. The van der Waals surface area contributed by atoms with Gasteiger partial charge in [-0.25, -0.2) is 12.8 Å². The first-order chi connectivity index (χ1) is 14.3. The van der Waals surface area contributed by atoms with Crippen molar-refractivity contribution in [2.45, 2.75) is 56.0 Å². The molecule has 2 N–H and O–H groups in total. The molecule has 2 aliphatic heterocycles. The molecule has 0 amide bonds. The maximum atomic E-state index is 15.0. The van der Waals surface area contributed by atoms with E-state index in [9.17, 15) is 8.42 Å². The average molecular weight is 433 g/mol. The van der Waals surface area contributed by atoms with Gasteiger partial charge in [0.1, 0.15) is 11.1 Å². The number of hydrogen-bond acceptors (Lipinski definition) is 4. The Bertz CT molecular complexity index is 991. The quantitative estimate of drug-likeness (QED) is 0.797. The Balaban J connectivity index is 1.59. The average Bonchev–Trinajstić information content (AvgIpc) is 2.73. The van der Waals surface area contributed by atoms with Crippen LogP contribution >= 0.6 is 0 Å². The first-order valence-corrected chi connectivity index (χ1v) is 12.0. The van der Waals surface area contributed by atoms with Gasteiger partial charge in [-0.1, -0.05) is 42.5 Å². The molecule has 7 heteroatoms. The minimum atomic E-state index is -3.60. The van der Waals surface area contributed by atoms with Crippen molar-refractivity contribution in [3.63, 3.8) is 0 Å². The van der Waals surface area contributed by atoms with Crippen molar-refractivity contribution >= 4 is 10.0 Å². The second kappa shape index (κ2) is 8.38. The Kier molecular flexibility index (Phi) is 5.99. The molecule has 0 bridgehead atoms. The van der Waals surface area contributed by atoms with E-state index in [4.69, 9.17) is 10.5 Å². The molecule has 2 heterocycles. The van der Waals surface area contributed by atoms with E-state index in [0.29, 0.717) is 38.0 Å².